The number of non-ortho nitro benzene ring substituents is 1. The van der Waals surface area contributed by atoms with Gasteiger partial charge in [0.05, 0.1) is 18.1 Å². The van der Waals surface area contributed by atoms with Crippen LogP contribution >= 0.6 is 0 Å². The maximum Gasteiger partial charge on any atom is 0.349 e. The van der Waals surface area contributed by atoms with Crippen LogP contribution in [0.2, 0.25) is 0 Å². The van der Waals surface area contributed by atoms with Crippen molar-refractivity contribution < 1.29 is 23.9 Å². The lowest BCUT2D eigenvalue weighted by Crippen LogP contribution is -2.12. The first-order valence-corrected chi connectivity index (χ1v) is 8.71. The lowest BCUT2D eigenvalue weighted by molar-refractivity contribution is -0.384. The Balaban J connectivity index is 2.15. The topological polar surface area (TPSA) is 112 Å². The molecule has 0 fully saturated rings. The minimum atomic E-state index is -0.694. The molecule has 0 aromatic heterocycles. The van der Waals surface area contributed by atoms with E-state index >= 15 is 0 Å². The summed E-state index contributed by atoms with van der Waals surface area (Å²) in [6.45, 7) is 3.59. The number of rotatable bonds is 8. The van der Waals surface area contributed by atoms with Crippen LogP contribution in [0.15, 0.2) is 48.0 Å². The van der Waals surface area contributed by atoms with E-state index in [0.717, 1.165) is 5.56 Å². The van der Waals surface area contributed by atoms with Gasteiger partial charge in [-0.1, -0.05) is 6.07 Å². The molecule has 2 rings (SSSR count). The van der Waals surface area contributed by atoms with E-state index < -0.39 is 10.9 Å². The molecule has 29 heavy (non-hydrogen) atoms. The zero-order valence-electron chi connectivity index (χ0n) is 16.2. The number of esters is 1. The normalized spacial score (nSPS) is 10.9. The predicted molar refractivity (Wildman–Crippen MR) is 105 cm³/mol. The third-order valence-corrected chi connectivity index (χ3v) is 3.72. The van der Waals surface area contributed by atoms with E-state index in [1.54, 1.807) is 44.2 Å². The number of ether oxygens (including phenoxy) is 3. The summed E-state index contributed by atoms with van der Waals surface area (Å²) >= 11 is 0. The minimum absolute atomic E-state index is 0.00626. The third-order valence-electron chi connectivity index (χ3n) is 3.72. The Morgan fingerprint density at radius 3 is 2.45 bits per heavy atom. The number of nitrogens with zero attached hydrogens (tertiary/aromatic N) is 2. The molecule has 150 valence electrons. The molecule has 0 unspecified atom stereocenters. The highest BCUT2D eigenvalue weighted by atomic mass is 16.6. The van der Waals surface area contributed by atoms with E-state index in [1.807, 2.05) is 6.07 Å². The van der Waals surface area contributed by atoms with Crippen LogP contribution in [0.25, 0.3) is 6.08 Å². The van der Waals surface area contributed by atoms with Crippen LogP contribution in [0.1, 0.15) is 25.0 Å². The molecule has 2 aromatic rings. The maximum absolute atomic E-state index is 11.9. The second-order valence-electron chi connectivity index (χ2n) is 6.25. The molecule has 2 aromatic carbocycles. The van der Waals surface area contributed by atoms with E-state index in [0.29, 0.717) is 17.1 Å². The number of methoxy groups -OCH3 is 1. The molecule has 8 nitrogen and oxygen atoms in total. The van der Waals surface area contributed by atoms with Crippen LogP contribution < -0.4 is 9.47 Å². The summed E-state index contributed by atoms with van der Waals surface area (Å²) in [6, 6.07) is 12.8. The van der Waals surface area contributed by atoms with Gasteiger partial charge in [0.25, 0.3) is 5.69 Å². The summed E-state index contributed by atoms with van der Waals surface area (Å²) < 4.78 is 16.1. The summed E-state index contributed by atoms with van der Waals surface area (Å²) in [6.07, 6.45) is 1.08. The number of benzene rings is 2. The van der Waals surface area contributed by atoms with E-state index in [2.05, 4.69) is 0 Å². The highest BCUT2D eigenvalue weighted by molar-refractivity contribution is 5.98. The maximum atomic E-state index is 11.9. The molecular weight excluding hydrogens is 376 g/mol. The van der Waals surface area contributed by atoms with Crippen LogP contribution in [0.3, 0.4) is 0 Å². The van der Waals surface area contributed by atoms with E-state index in [-0.39, 0.29) is 24.0 Å². The zero-order valence-corrected chi connectivity index (χ0v) is 16.2. The monoisotopic (exact) mass is 396 g/mol. The van der Waals surface area contributed by atoms with E-state index in [9.17, 15) is 20.2 Å². The van der Waals surface area contributed by atoms with Gasteiger partial charge in [-0.2, -0.15) is 5.26 Å². The first-order chi connectivity index (χ1) is 13.8. The van der Waals surface area contributed by atoms with Gasteiger partial charge in [0.2, 0.25) is 0 Å². The fourth-order valence-electron chi connectivity index (χ4n) is 2.35. The summed E-state index contributed by atoms with van der Waals surface area (Å²) in [7, 11) is 1.47. The molecule has 0 N–H and O–H groups in total. The number of nitro benzene ring substituents is 1. The van der Waals surface area contributed by atoms with Crippen molar-refractivity contribution in [3.05, 3.63) is 69.3 Å². The van der Waals surface area contributed by atoms with Crippen molar-refractivity contribution >= 4 is 17.7 Å². The lowest BCUT2D eigenvalue weighted by Gasteiger charge is -2.12. The predicted octanol–water partition coefficient (Wildman–Crippen LogP) is 4.04. The molecule has 0 atom stereocenters. The molecule has 0 amide bonds. The Labute approximate surface area is 168 Å². The number of carbonyl (C=O) groups is 1. The SMILES string of the molecule is COc1cc(/C=C(/C#N)C(=O)OC(C)C)ccc1OCc1ccc([N+](=O)[O-])cc1. The number of hydrogen-bond donors (Lipinski definition) is 0. The Hall–Kier alpha value is -3.86. The second kappa shape index (κ2) is 9.90. The number of nitro groups is 1. The van der Waals surface area contributed by atoms with Gasteiger partial charge in [-0.25, -0.2) is 4.79 Å². The first-order valence-electron chi connectivity index (χ1n) is 8.71. The van der Waals surface area contributed by atoms with Crippen LogP contribution in [-0.2, 0) is 16.1 Å². The van der Waals surface area contributed by atoms with Crippen LogP contribution in [0, 0.1) is 21.4 Å². The van der Waals surface area contributed by atoms with Crippen molar-refractivity contribution in [3.8, 4) is 17.6 Å². The first kappa shape index (κ1) is 21.4. The van der Waals surface area contributed by atoms with Gasteiger partial charge in [0.15, 0.2) is 11.5 Å². The highest BCUT2D eigenvalue weighted by Crippen LogP contribution is 2.30. The van der Waals surface area contributed by atoms with Gasteiger partial charge in [-0.05, 0) is 55.3 Å². The van der Waals surface area contributed by atoms with Gasteiger partial charge in [-0.3, -0.25) is 10.1 Å². The fourth-order valence-corrected chi connectivity index (χ4v) is 2.35. The molecule has 0 heterocycles. The Kier molecular flexibility index (Phi) is 7.32. The minimum Gasteiger partial charge on any atom is -0.493 e. The third kappa shape index (κ3) is 6.07. The van der Waals surface area contributed by atoms with Gasteiger partial charge >= 0.3 is 5.97 Å². The average Bonchev–Trinajstić information content (AvgIpc) is 2.70. The molecule has 0 aliphatic rings. The molecule has 0 radical (unpaired) electrons. The number of nitriles is 1. The fraction of sp³-hybridized carbons (Fsp3) is 0.238. The van der Waals surface area contributed by atoms with E-state index in [4.69, 9.17) is 14.2 Å². The molecular formula is C21H20N2O6. The largest absolute Gasteiger partial charge is 0.493 e. The molecule has 0 aliphatic heterocycles. The standard InChI is InChI=1S/C21H20N2O6/c1-14(2)29-21(24)17(12-22)10-16-6-9-19(20(11-16)27-3)28-13-15-4-7-18(8-5-15)23(25)26/h4-11,14H,13H2,1-3H3/b17-10-. The van der Waals surface area contributed by atoms with Crippen molar-refractivity contribution in [2.45, 2.75) is 26.6 Å². The van der Waals surface area contributed by atoms with Crippen molar-refractivity contribution in [2.24, 2.45) is 0 Å². The molecule has 8 heteroatoms. The van der Waals surface area contributed by atoms with Gasteiger partial charge < -0.3 is 14.2 Å². The van der Waals surface area contributed by atoms with Gasteiger partial charge in [0.1, 0.15) is 18.2 Å². The summed E-state index contributed by atoms with van der Waals surface area (Å²) in [5.41, 5.74) is 1.21. The Morgan fingerprint density at radius 1 is 1.21 bits per heavy atom. The zero-order chi connectivity index (χ0) is 21.4. The van der Waals surface area contributed by atoms with Crippen LogP contribution in [-0.4, -0.2) is 24.1 Å². The average molecular weight is 396 g/mol. The molecule has 0 spiro atoms. The van der Waals surface area contributed by atoms with Gasteiger partial charge in [0, 0.05) is 12.1 Å². The quantitative estimate of drug-likeness (QED) is 0.218. The van der Waals surface area contributed by atoms with Crippen LogP contribution in [0.5, 0.6) is 11.5 Å². The summed E-state index contributed by atoms with van der Waals surface area (Å²) in [4.78, 5) is 22.2. The molecule has 0 saturated carbocycles. The lowest BCUT2D eigenvalue weighted by atomic mass is 10.1. The Bertz CT molecular complexity index is 958. The summed E-state index contributed by atoms with van der Waals surface area (Å²) in [5, 5.41) is 19.9. The number of hydrogen-bond acceptors (Lipinski definition) is 7. The molecule has 0 saturated heterocycles. The second-order valence-corrected chi connectivity index (χ2v) is 6.25. The van der Waals surface area contributed by atoms with Crippen molar-refractivity contribution in [1.82, 2.24) is 0 Å². The van der Waals surface area contributed by atoms with Crippen molar-refractivity contribution in [2.75, 3.05) is 7.11 Å². The Morgan fingerprint density at radius 2 is 1.90 bits per heavy atom. The smallest absolute Gasteiger partial charge is 0.349 e. The van der Waals surface area contributed by atoms with Gasteiger partial charge in [-0.15, -0.1) is 0 Å². The summed E-state index contributed by atoms with van der Waals surface area (Å²) in [5.74, 6) is 0.168. The van der Waals surface area contributed by atoms with E-state index in [1.165, 1.54) is 25.3 Å². The molecule has 0 aliphatic carbocycles. The van der Waals surface area contributed by atoms with Crippen molar-refractivity contribution in [1.29, 1.82) is 5.26 Å². The molecule has 0 bridgehead atoms. The highest BCUT2D eigenvalue weighted by Gasteiger charge is 2.13. The van der Waals surface area contributed by atoms with Crippen molar-refractivity contribution in [3.63, 3.8) is 0 Å². The van der Waals surface area contributed by atoms with Crippen LogP contribution in [0.4, 0.5) is 5.69 Å². The number of carbonyl (C=O) groups excluding carboxylic acids is 1.